The Hall–Kier alpha value is -0.850. The molecule has 1 aromatic carbocycles. The standard InChI is InChI=1S/C13H19F/c1-10-6-5-7-11(12(10)14)8-9-13(2,3)4/h5-7H,8-9H2,1-4H3. The Morgan fingerprint density at radius 2 is 1.86 bits per heavy atom. The number of hydrogen-bond acceptors (Lipinski definition) is 0. The first-order chi connectivity index (χ1) is 6.40. The van der Waals surface area contributed by atoms with Gasteiger partial charge in [0.2, 0.25) is 0 Å². The lowest BCUT2D eigenvalue weighted by atomic mass is 9.88. The van der Waals surface area contributed by atoms with Gasteiger partial charge in [-0.3, -0.25) is 0 Å². The lowest BCUT2D eigenvalue weighted by Gasteiger charge is -2.18. The molecule has 0 saturated carbocycles. The molecule has 0 bridgehead atoms. The molecule has 0 atom stereocenters. The Balaban J connectivity index is 2.73. The second-order valence-corrected chi connectivity index (χ2v) is 5.11. The van der Waals surface area contributed by atoms with Crippen LogP contribution < -0.4 is 0 Å². The third-order valence-corrected chi connectivity index (χ3v) is 2.42. The van der Waals surface area contributed by atoms with E-state index in [4.69, 9.17) is 0 Å². The Morgan fingerprint density at radius 3 is 2.43 bits per heavy atom. The van der Waals surface area contributed by atoms with Crippen molar-refractivity contribution >= 4 is 0 Å². The van der Waals surface area contributed by atoms with Gasteiger partial charge in [0, 0.05) is 0 Å². The molecule has 0 saturated heterocycles. The summed E-state index contributed by atoms with van der Waals surface area (Å²) in [5.41, 5.74) is 1.87. The van der Waals surface area contributed by atoms with E-state index in [-0.39, 0.29) is 11.2 Å². The van der Waals surface area contributed by atoms with E-state index in [1.54, 1.807) is 0 Å². The number of rotatable bonds is 2. The second-order valence-electron chi connectivity index (χ2n) is 5.11. The molecule has 0 N–H and O–H groups in total. The molecule has 78 valence electrons. The fraction of sp³-hybridized carbons (Fsp3) is 0.538. The minimum atomic E-state index is -0.0308. The molecule has 0 heterocycles. The number of halogens is 1. The summed E-state index contributed by atoms with van der Waals surface area (Å²) in [5.74, 6) is -0.0308. The van der Waals surface area contributed by atoms with Crippen molar-refractivity contribution in [1.29, 1.82) is 0 Å². The summed E-state index contributed by atoms with van der Waals surface area (Å²) in [6.07, 6.45) is 1.85. The van der Waals surface area contributed by atoms with Gasteiger partial charge < -0.3 is 0 Å². The highest BCUT2D eigenvalue weighted by Gasteiger charge is 2.12. The Labute approximate surface area is 86.2 Å². The maximum atomic E-state index is 13.6. The number of benzene rings is 1. The first kappa shape index (κ1) is 11.2. The molecule has 0 aliphatic carbocycles. The first-order valence-corrected chi connectivity index (χ1v) is 5.14. The van der Waals surface area contributed by atoms with E-state index < -0.39 is 0 Å². The fourth-order valence-corrected chi connectivity index (χ4v) is 1.41. The summed E-state index contributed by atoms with van der Waals surface area (Å²) < 4.78 is 13.6. The molecule has 0 spiro atoms. The van der Waals surface area contributed by atoms with Crippen LogP contribution in [0.2, 0.25) is 0 Å². The summed E-state index contributed by atoms with van der Waals surface area (Å²) in [5, 5.41) is 0. The van der Waals surface area contributed by atoms with E-state index in [0.717, 1.165) is 24.0 Å². The van der Waals surface area contributed by atoms with Crippen molar-refractivity contribution in [3.63, 3.8) is 0 Å². The molecule has 0 nitrogen and oxygen atoms in total. The molecule has 0 unspecified atom stereocenters. The fourth-order valence-electron chi connectivity index (χ4n) is 1.41. The molecule has 0 fully saturated rings. The van der Waals surface area contributed by atoms with E-state index in [2.05, 4.69) is 20.8 Å². The Kier molecular flexibility index (Phi) is 3.30. The molecule has 14 heavy (non-hydrogen) atoms. The van der Waals surface area contributed by atoms with Crippen LogP contribution in [0.1, 0.15) is 38.3 Å². The molecule has 1 aromatic rings. The van der Waals surface area contributed by atoms with Crippen LogP contribution in [-0.4, -0.2) is 0 Å². The summed E-state index contributed by atoms with van der Waals surface area (Å²) in [4.78, 5) is 0. The molecule has 0 aliphatic heterocycles. The quantitative estimate of drug-likeness (QED) is 0.664. The third-order valence-electron chi connectivity index (χ3n) is 2.42. The highest BCUT2D eigenvalue weighted by atomic mass is 19.1. The molecule has 0 radical (unpaired) electrons. The number of hydrogen-bond donors (Lipinski definition) is 0. The van der Waals surface area contributed by atoms with Crippen LogP contribution >= 0.6 is 0 Å². The lowest BCUT2D eigenvalue weighted by molar-refractivity contribution is 0.375. The van der Waals surface area contributed by atoms with Crippen LogP contribution in [0.3, 0.4) is 0 Å². The van der Waals surface area contributed by atoms with Gasteiger partial charge in [-0.2, -0.15) is 0 Å². The topological polar surface area (TPSA) is 0 Å². The monoisotopic (exact) mass is 194 g/mol. The zero-order valence-corrected chi connectivity index (χ0v) is 9.52. The summed E-state index contributed by atoms with van der Waals surface area (Å²) >= 11 is 0. The van der Waals surface area contributed by atoms with E-state index in [0.29, 0.717) is 0 Å². The molecule has 1 rings (SSSR count). The predicted octanol–water partition coefficient (Wildman–Crippen LogP) is 4.11. The van der Waals surface area contributed by atoms with Gasteiger partial charge in [-0.1, -0.05) is 39.0 Å². The smallest absolute Gasteiger partial charge is 0.129 e. The van der Waals surface area contributed by atoms with Crippen LogP contribution in [0.5, 0.6) is 0 Å². The number of aryl methyl sites for hydroxylation is 2. The van der Waals surface area contributed by atoms with Gasteiger partial charge in [-0.25, -0.2) is 4.39 Å². The van der Waals surface area contributed by atoms with Gasteiger partial charge in [-0.05, 0) is 36.3 Å². The second kappa shape index (κ2) is 4.12. The van der Waals surface area contributed by atoms with Crippen LogP contribution in [-0.2, 0) is 6.42 Å². The zero-order chi connectivity index (χ0) is 10.8. The van der Waals surface area contributed by atoms with Crippen molar-refractivity contribution < 1.29 is 4.39 Å². The Morgan fingerprint density at radius 1 is 1.21 bits per heavy atom. The van der Waals surface area contributed by atoms with Crippen molar-refractivity contribution in [2.24, 2.45) is 5.41 Å². The van der Waals surface area contributed by atoms with Crippen molar-refractivity contribution in [2.45, 2.75) is 40.5 Å². The van der Waals surface area contributed by atoms with Crippen molar-refractivity contribution in [1.82, 2.24) is 0 Å². The van der Waals surface area contributed by atoms with Gasteiger partial charge in [0.15, 0.2) is 0 Å². The van der Waals surface area contributed by atoms with Gasteiger partial charge in [-0.15, -0.1) is 0 Å². The van der Waals surface area contributed by atoms with Crippen LogP contribution in [0.15, 0.2) is 18.2 Å². The van der Waals surface area contributed by atoms with E-state index in [1.807, 2.05) is 25.1 Å². The molecular formula is C13H19F. The molecular weight excluding hydrogens is 175 g/mol. The molecule has 0 aliphatic rings. The summed E-state index contributed by atoms with van der Waals surface area (Å²) in [6, 6.07) is 5.63. The van der Waals surface area contributed by atoms with Gasteiger partial charge >= 0.3 is 0 Å². The van der Waals surface area contributed by atoms with Gasteiger partial charge in [0.05, 0.1) is 0 Å². The summed E-state index contributed by atoms with van der Waals surface area (Å²) in [6.45, 7) is 8.36. The van der Waals surface area contributed by atoms with Crippen LogP contribution in [0, 0.1) is 18.2 Å². The Bertz CT molecular complexity index is 308. The predicted molar refractivity (Wildman–Crippen MR) is 58.9 cm³/mol. The van der Waals surface area contributed by atoms with Crippen LogP contribution in [0.25, 0.3) is 0 Å². The SMILES string of the molecule is Cc1cccc(CCC(C)(C)C)c1F. The zero-order valence-electron chi connectivity index (χ0n) is 9.52. The molecule has 0 amide bonds. The van der Waals surface area contributed by atoms with E-state index in [1.165, 1.54) is 0 Å². The van der Waals surface area contributed by atoms with Crippen molar-refractivity contribution in [3.8, 4) is 0 Å². The third kappa shape index (κ3) is 3.13. The highest BCUT2D eigenvalue weighted by molar-refractivity contribution is 5.24. The minimum absolute atomic E-state index is 0.0308. The minimum Gasteiger partial charge on any atom is -0.206 e. The molecule has 0 aromatic heterocycles. The first-order valence-electron chi connectivity index (χ1n) is 5.14. The van der Waals surface area contributed by atoms with Gasteiger partial charge in [0.1, 0.15) is 5.82 Å². The van der Waals surface area contributed by atoms with Gasteiger partial charge in [0.25, 0.3) is 0 Å². The average molecular weight is 194 g/mol. The van der Waals surface area contributed by atoms with Crippen molar-refractivity contribution in [3.05, 3.63) is 35.1 Å². The summed E-state index contributed by atoms with van der Waals surface area (Å²) in [7, 11) is 0. The van der Waals surface area contributed by atoms with E-state index in [9.17, 15) is 4.39 Å². The van der Waals surface area contributed by atoms with Crippen LogP contribution in [0.4, 0.5) is 4.39 Å². The van der Waals surface area contributed by atoms with Crippen molar-refractivity contribution in [2.75, 3.05) is 0 Å². The highest BCUT2D eigenvalue weighted by Crippen LogP contribution is 2.23. The lowest BCUT2D eigenvalue weighted by Crippen LogP contribution is -2.07. The normalized spacial score (nSPS) is 11.8. The maximum Gasteiger partial charge on any atom is 0.129 e. The van der Waals surface area contributed by atoms with E-state index >= 15 is 0 Å². The molecule has 1 heteroatoms. The largest absolute Gasteiger partial charge is 0.206 e. The maximum absolute atomic E-state index is 13.6. The average Bonchev–Trinajstić information content (AvgIpc) is 2.06.